The Labute approximate surface area is 155 Å². The van der Waals surface area contributed by atoms with Gasteiger partial charge in [-0.15, -0.1) is 0 Å². The van der Waals surface area contributed by atoms with E-state index in [1.165, 1.54) is 6.08 Å². The van der Waals surface area contributed by atoms with Crippen molar-refractivity contribution in [3.63, 3.8) is 0 Å². The zero-order chi connectivity index (χ0) is 19.2. The molecule has 2 aromatic heterocycles. The van der Waals surface area contributed by atoms with Crippen LogP contribution in [0.1, 0.15) is 23.0 Å². The molecule has 0 aliphatic rings. The van der Waals surface area contributed by atoms with Gasteiger partial charge in [-0.05, 0) is 37.3 Å². The van der Waals surface area contributed by atoms with Crippen molar-refractivity contribution in [1.29, 1.82) is 5.26 Å². The van der Waals surface area contributed by atoms with Crippen molar-refractivity contribution in [3.8, 4) is 11.8 Å². The van der Waals surface area contributed by atoms with E-state index in [9.17, 15) is 14.9 Å². The number of nitriles is 1. The van der Waals surface area contributed by atoms with E-state index in [4.69, 9.17) is 9.47 Å². The molecule has 0 N–H and O–H groups in total. The van der Waals surface area contributed by atoms with Gasteiger partial charge in [0, 0.05) is 17.8 Å². The van der Waals surface area contributed by atoms with Crippen LogP contribution in [0.5, 0.6) is 5.75 Å². The van der Waals surface area contributed by atoms with Gasteiger partial charge >= 0.3 is 11.9 Å². The van der Waals surface area contributed by atoms with E-state index in [0.29, 0.717) is 11.3 Å². The maximum atomic E-state index is 12.4. The second-order valence-electron chi connectivity index (χ2n) is 5.54. The fourth-order valence-corrected chi connectivity index (χ4v) is 2.56. The van der Waals surface area contributed by atoms with Gasteiger partial charge in [-0.3, -0.25) is 0 Å². The average molecular weight is 360 g/mol. The summed E-state index contributed by atoms with van der Waals surface area (Å²) >= 11 is 0. The maximum Gasteiger partial charge on any atom is 0.348 e. The Morgan fingerprint density at radius 3 is 2.59 bits per heavy atom. The summed E-state index contributed by atoms with van der Waals surface area (Å²) < 4.78 is 12.2. The first-order valence-electron chi connectivity index (χ1n) is 8.30. The first kappa shape index (κ1) is 18.0. The Bertz CT molecular complexity index is 1060. The highest BCUT2D eigenvalue weighted by Gasteiger charge is 2.18. The molecule has 0 aliphatic carbocycles. The summed E-state index contributed by atoms with van der Waals surface area (Å²) in [5.74, 6) is -1.02. The molecule has 0 bridgehead atoms. The van der Waals surface area contributed by atoms with E-state index in [0.717, 1.165) is 5.52 Å². The zero-order valence-electron chi connectivity index (χ0n) is 14.6. The Kier molecular flexibility index (Phi) is 5.33. The smallest absolute Gasteiger partial charge is 0.348 e. The normalized spacial score (nSPS) is 11.0. The minimum Gasteiger partial charge on any atom is -0.462 e. The molecule has 3 rings (SSSR count). The summed E-state index contributed by atoms with van der Waals surface area (Å²) in [4.78, 5) is 24.4. The van der Waals surface area contributed by atoms with Gasteiger partial charge in [0.05, 0.1) is 17.9 Å². The third kappa shape index (κ3) is 3.88. The third-order valence-corrected chi connectivity index (χ3v) is 3.79. The van der Waals surface area contributed by atoms with Crippen LogP contribution in [0.4, 0.5) is 0 Å². The number of benzene rings is 1. The van der Waals surface area contributed by atoms with Crippen molar-refractivity contribution in [2.45, 2.75) is 6.92 Å². The predicted octanol–water partition coefficient (Wildman–Crippen LogP) is 3.63. The lowest BCUT2D eigenvalue weighted by Gasteiger charge is -2.05. The molecule has 0 fully saturated rings. The Morgan fingerprint density at radius 1 is 1.15 bits per heavy atom. The van der Waals surface area contributed by atoms with Gasteiger partial charge in [0.1, 0.15) is 11.6 Å². The summed E-state index contributed by atoms with van der Waals surface area (Å²) in [7, 11) is 0. The lowest BCUT2D eigenvalue weighted by molar-refractivity contribution is -0.137. The van der Waals surface area contributed by atoms with Crippen molar-refractivity contribution in [2.24, 2.45) is 0 Å². The van der Waals surface area contributed by atoms with Crippen molar-refractivity contribution in [2.75, 3.05) is 6.61 Å². The van der Waals surface area contributed by atoms with Gasteiger partial charge < -0.3 is 13.9 Å². The van der Waals surface area contributed by atoms with Crippen LogP contribution in [0, 0.1) is 11.3 Å². The topological polar surface area (TPSA) is 80.8 Å². The molecule has 0 unspecified atom stereocenters. The van der Waals surface area contributed by atoms with Crippen LogP contribution in [0.2, 0.25) is 0 Å². The van der Waals surface area contributed by atoms with Crippen LogP contribution in [-0.4, -0.2) is 22.9 Å². The van der Waals surface area contributed by atoms with Crippen LogP contribution in [0.25, 0.3) is 11.6 Å². The number of pyridine rings is 1. The number of esters is 2. The number of carbonyl (C=O) groups excluding carboxylic acids is 2. The van der Waals surface area contributed by atoms with E-state index in [1.54, 1.807) is 60.0 Å². The van der Waals surface area contributed by atoms with Crippen molar-refractivity contribution >= 4 is 23.5 Å². The SMILES string of the molecule is CCOC(=O)C(C#N)=Cc1c(OC(=O)c2ccccc2)cc2ccccn12. The number of hydrogen-bond acceptors (Lipinski definition) is 5. The summed E-state index contributed by atoms with van der Waals surface area (Å²) in [6, 6.07) is 17.5. The molecule has 27 heavy (non-hydrogen) atoms. The molecule has 0 saturated heterocycles. The van der Waals surface area contributed by atoms with E-state index >= 15 is 0 Å². The van der Waals surface area contributed by atoms with E-state index in [2.05, 4.69) is 0 Å². The molecule has 6 nitrogen and oxygen atoms in total. The molecule has 0 amide bonds. The highest BCUT2D eigenvalue weighted by Crippen LogP contribution is 2.27. The summed E-state index contributed by atoms with van der Waals surface area (Å²) in [5.41, 5.74) is 1.37. The Hall–Kier alpha value is -3.85. The largest absolute Gasteiger partial charge is 0.462 e. The minimum absolute atomic E-state index is 0.155. The van der Waals surface area contributed by atoms with Gasteiger partial charge in [0.15, 0.2) is 5.75 Å². The number of aromatic nitrogens is 1. The van der Waals surface area contributed by atoms with Crippen LogP contribution in [0.15, 0.2) is 66.4 Å². The number of ether oxygens (including phenoxy) is 2. The number of nitrogens with zero attached hydrogens (tertiary/aromatic N) is 2. The van der Waals surface area contributed by atoms with Gasteiger partial charge in [-0.1, -0.05) is 24.3 Å². The van der Waals surface area contributed by atoms with Crippen molar-refractivity contribution < 1.29 is 19.1 Å². The molecule has 3 aromatic rings. The highest BCUT2D eigenvalue weighted by molar-refractivity contribution is 5.98. The van der Waals surface area contributed by atoms with Gasteiger partial charge in [-0.2, -0.15) is 5.26 Å². The summed E-state index contributed by atoms with van der Waals surface area (Å²) in [6.07, 6.45) is 3.11. The number of hydrogen-bond donors (Lipinski definition) is 0. The van der Waals surface area contributed by atoms with Gasteiger partial charge in [0.2, 0.25) is 0 Å². The fraction of sp³-hybridized carbons (Fsp3) is 0.0952. The summed E-state index contributed by atoms with van der Waals surface area (Å²) in [5, 5.41) is 9.31. The molecule has 1 aromatic carbocycles. The number of fused-ring (bicyclic) bond motifs is 1. The molecule has 6 heteroatoms. The van der Waals surface area contributed by atoms with Crippen LogP contribution in [0.3, 0.4) is 0 Å². The quantitative estimate of drug-likeness (QED) is 0.394. The monoisotopic (exact) mass is 360 g/mol. The van der Waals surface area contributed by atoms with Gasteiger partial charge in [-0.25, -0.2) is 9.59 Å². The summed E-state index contributed by atoms with van der Waals surface area (Å²) in [6.45, 7) is 1.81. The van der Waals surface area contributed by atoms with Crippen LogP contribution in [-0.2, 0) is 9.53 Å². The standard InChI is InChI=1S/C21H16N2O4/c1-2-26-20(24)16(14-22)12-18-19(13-17-10-6-7-11-23(17)18)27-21(25)15-8-4-3-5-9-15/h3-13H,2H2,1H3. The lowest BCUT2D eigenvalue weighted by Crippen LogP contribution is -2.09. The minimum atomic E-state index is -0.730. The first-order chi connectivity index (χ1) is 13.1. The molecule has 0 atom stereocenters. The van der Waals surface area contributed by atoms with Crippen LogP contribution < -0.4 is 4.74 Å². The molecule has 2 heterocycles. The van der Waals surface area contributed by atoms with E-state index in [1.807, 2.05) is 18.2 Å². The molecule has 134 valence electrons. The van der Waals surface area contributed by atoms with Crippen LogP contribution >= 0.6 is 0 Å². The van der Waals surface area contributed by atoms with E-state index in [-0.39, 0.29) is 17.9 Å². The Morgan fingerprint density at radius 2 is 1.89 bits per heavy atom. The number of rotatable bonds is 5. The van der Waals surface area contributed by atoms with Gasteiger partial charge in [0.25, 0.3) is 0 Å². The molecular formula is C21H16N2O4. The average Bonchev–Trinajstić information content (AvgIpc) is 3.03. The maximum absolute atomic E-state index is 12.4. The highest BCUT2D eigenvalue weighted by atomic mass is 16.5. The molecule has 0 spiro atoms. The first-order valence-corrected chi connectivity index (χ1v) is 8.30. The molecular weight excluding hydrogens is 344 g/mol. The number of carbonyl (C=O) groups is 2. The lowest BCUT2D eigenvalue weighted by atomic mass is 10.2. The predicted molar refractivity (Wildman–Crippen MR) is 99.0 cm³/mol. The fourth-order valence-electron chi connectivity index (χ4n) is 2.56. The Balaban J connectivity index is 2.06. The molecule has 0 saturated carbocycles. The third-order valence-electron chi connectivity index (χ3n) is 3.79. The molecule has 0 radical (unpaired) electrons. The second-order valence-corrected chi connectivity index (χ2v) is 5.54. The molecule has 0 aliphatic heterocycles. The second kappa shape index (κ2) is 8.02. The zero-order valence-corrected chi connectivity index (χ0v) is 14.6. The van der Waals surface area contributed by atoms with Crippen molar-refractivity contribution in [1.82, 2.24) is 4.40 Å². The van der Waals surface area contributed by atoms with Crippen molar-refractivity contribution in [3.05, 3.63) is 77.6 Å². The van der Waals surface area contributed by atoms with E-state index < -0.39 is 11.9 Å².